The van der Waals surface area contributed by atoms with E-state index in [0.29, 0.717) is 17.5 Å². The molecule has 0 bridgehead atoms. The number of halogens is 1. The number of hydrogen-bond acceptors (Lipinski definition) is 4. The summed E-state index contributed by atoms with van der Waals surface area (Å²) in [5.41, 5.74) is 1.91. The maximum absolute atomic E-state index is 11.8. The number of rotatable bonds is 3. The molecule has 7 heteroatoms. The molecule has 0 aromatic carbocycles. The molecule has 0 spiro atoms. The maximum Gasteiger partial charge on any atom is 0.227 e. The highest BCUT2D eigenvalue weighted by Crippen LogP contribution is 2.33. The minimum Gasteiger partial charge on any atom is -0.366 e. The Morgan fingerprint density at radius 1 is 1.27 bits per heavy atom. The molecule has 0 unspecified atom stereocenters. The summed E-state index contributed by atoms with van der Waals surface area (Å²) in [7, 11) is 0. The van der Waals surface area contributed by atoms with Crippen LogP contribution in [0.5, 0.6) is 0 Å². The average molecular weight is 318 g/mol. The van der Waals surface area contributed by atoms with Crippen molar-refractivity contribution in [3.05, 3.63) is 35.9 Å². The van der Waals surface area contributed by atoms with Crippen molar-refractivity contribution in [2.45, 2.75) is 18.9 Å². The summed E-state index contributed by atoms with van der Waals surface area (Å²) in [6, 6.07) is 2.24. The van der Waals surface area contributed by atoms with Gasteiger partial charge in [-0.05, 0) is 12.5 Å². The van der Waals surface area contributed by atoms with Crippen LogP contribution in [0.3, 0.4) is 0 Å². The molecule has 6 nitrogen and oxygen atoms in total. The van der Waals surface area contributed by atoms with Gasteiger partial charge >= 0.3 is 0 Å². The summed E-state index contributed by atoms with van der Waals surface area (Å²) < 4.78 is 1.95. The number of nitrogens with zero attached hydrogens (tertiary/aromatic N) is 5. The number of amides is 1. The minimum atomic E-state index is 0.193. The van der Waals surface area contributed by atoms with Crippen molar-refractivity contribution >= 4 is 28.9 Å². The highest BCUT2D eigenvalue weighted by Gasteiger charge is 2.31. The molecular formula is C15H16ClN5O. The molecule has 1 amide bonds. The smallest absolute Gasteiger partial charge is 0.227 e. The van der Waals surface area contributed by atoms with E-state index in [0.717, 1.165) is 37.4 Å². The van der Waals surface area contributed by atoms with E-state index in [1.165, 1.54) is 0 Å². The van der Waals surface area contributed by atoms with Crippen molar-refractivity contribution in [3.8, 4) is 0 Å². The zero-order chi connectivity index (χ0) is 15.1. The van der Waals surface area contributed by atoms with Crippen LogP contribution in [0.15, 0.2) is 30.9 Å². The van der Waals surface area contributed by atoms with Crippen molar-refractivity contribution in [2.24, 2.45) is 0 Å². The van der Waals surface area contributed by atoms with Crippen LogP contribution in [0.25, 0.3) is 0 Å². The highest BCUT2D eigenvalue weighted by atomic mass is 35.5. The van der Waals surface area contributed by atoms with Gasteiger partial charge in [-0.1, -0.05) is 11.6 Å². The van der Waals surface area contributed by atoms with Gasteiger partial charge in [-0.3, -0.25) is 14.5 Å². The van der Waals surface area contributed by atoms with Crippen LogP contribution in [0.4, 0.5) is 11.4 Å². The van der Waals surface area contributed by atoms with E-state index in [-0.39, 0.29) is 5.91 Å². The lowest BCUT2D eigenvalue weighted by Gasteiger charge is -2.41. The zero-order valence-electron chi connectivity index (χ0n) is 12.0. The summed E-state index contributed by atoms with van der Waals surface area (Å²) in [5, 5.41) is 5.09. The number of aromatic nitrogens is 3. The summed E-state index contributed by atoms with van der Waals surface area (Å²) >= 11 is 6.16. The molecule has 0 N–H and O–H groups in total. The van der Waals surface area contributed by atoms with Crippen molar-refractivity contribution in [1.29, 1.82) is 0 Å². The van der Waals surface area contributed by atoms with E-state index < -0.39 is 0 Å². The quantitative estimate of drug-likeness (QED) is 0.870. The Morgan fingerprint density at radius 2 is 2.14 bits per heavy atom. The third-order valence-corrected chi connectivity index (χ3v) is 4.59. The third kappa shape index (κ3) is 2.23. The van der Waals surface area contributed by atoms with Gasteiger partial charge in [-0.2, -0.15) is 5.10 Å². The number of pyridine rings is 1. The van der Waals surface area contributed by atoms with Crippen molar-refractivity contribution in [2.75, 3.05) is 29.4 Å². The standard InChI is InChI=1S/C15H16ClN5O/c16-13-7-17-4-3-14(13)19-8-12(9-19)21-10-11(6-18-21)20-5-1-2-15(20)22/h3-4,6-7,10,12H,1-2,5,8-9H2. The SMILES string of the molecule is O=C1CCCN1c1cnn(C2CN(c3ccncc3Cl)C2)c1. The van der Waals surface area contributed by atoms with Crippen LogP contribution in [-0.2, 0) is 4.79 Å². The van der Waals surface area contributed by atoms with E-state index in [4.69, 9.17) is 11.6 Å². The number of carbonyl (C=O) groups is 1. The molecule has 0 radical (unpaired) electrons. The monoisotopic (exact) mass is 317 g/mol. The van der Waals surface area contributed by atoms with E-state index >= 15 is 0 Å². The molecule has 0 atom stereocenters. The molecular weight excluding hydrogens is 302 g/mol. The molecule has 0 aliphatic carbocycles. The van der Waals surface area contributed by atoms with Crippen LogP contribution in [0.2, 0.25) is 5.02 Å². The number of anilines is 2. The predicted molar refractivity (Wildman–Crippen MR) is 84.3 cm³/mol. The van der Waals surface area contributed by atoms with E-state index in [2.05, 4.69) is 15.0 Å². The molecule has 4 heterocycles. The maximum atomic E-state index is 11.8. The summed E-state index contributed by atoms with van der Waals surface area (Å²) in [5.74, 6) is 0.193. The van der Waals surface area contributed by atoms with E-state index in [1.807, 2.05) is 21.8 Å². The molecule has 0 saturated carbocycles. The summed E-state index contributed by atoms with van der Waals surface area (Å²) in [6.07, 6.45) is 8.74. The minimum absolute atomic E-state index is 0.193. The molecule has 22 heavy (non-hydrogen) atoms. The van der Waals surface area contributed by atoms with Crippen LogP contribution < -0.4 is 9.80 Å². The predicted octanol–water partition coefficient (Wildman–Crippen LogP) is 2.12. The third-order valence-electron chi connectivity index (χ3n) is 4.30. The van der Waals surface area contributed by atoms with Crippen LogP contribution in [0, 0.1) is 0 Å². The summed E-state index contributed by atoms with van der Waals surface area (Å²) in [6.45, 7) is 2.52. The molecule has 4 rings (SSSR count). The Balaban J connectivity index is 1.44. The molecule has 114 valence electrons. The van der Waals surface area contributed by atoms with Crippen molar-refractivity contribution in [1.82, 2.24) is 14.8 Å². The van der Waals surface area contributed by atoms with Gasteiger partial charge in [0.1, 0.15) is 0 Å². The van der Waals surface area contributed by atoms with Gasteiger partial charge in [0, 0.05) is 44.6 Å². The lowest BCUT2D eigenvalue weighted by atomic mass is 10.1. The lowest BCUT2D eigenvalue weighted by molar-refractivity contribution is -0.117. The first-order valence-electron chi connectivity index (χ1n) is 7.41. The Morgan fingerprint density at radius 3 is 2.86 bits per heavy atom. The fourth-order valence-corrected chi connectivity index (χ4v) is 3.27. The highest BCUT2D eigenvalue weighted by molar-refractivity contribution is 6.33. The fraction of sp³-hybridized carbons (Fsp3) is 0.400. The molecule has 2 aliphatic heterocycles. The Labute approximate surface area is 133 Å². The largest absolute Gasteiger partial charge is 0.366 e. The topological polar surface area (TPSA) is 54.3 Å². The second-order valence-electron chi connectivity index (χ2n) is 5.71. The van der Waals surface area contributed by atoms with Crippen LogP contribution in [0.1, 0.15) is 18.9 Å². The number of carbonyl (C=O) groups excluding carboxylic acids is 1. The first kappa shape index (κ1) is 13.6. The molecule has 2 aromatic rings. The normalized spacial score (nSPS) is 18.9. The Kier molecular flexibility index (Phi) is 3.26. The lowest BCUT2D eigenvalue weighted by Crippen LogP contribution is -2.48. The van der Waals surface area contributed by atoms with Gasteiger partial charge in [0.2, 0.25) is 5.91 Å². The zero-order valence-corrected chi connectivity index (χ0v) is 12.8. The van der Waals surface area contributed by atoms with Gasteiger partial charge in [0.25, 0.3) is 0 Å². The first-order valence-corrected chi connectivity index (χ1v) is 7.79. The van der Waals surface area contributed by atoms with E-state index in [1.54, 1.807) is 18.6 Å². The van der Waals surface area contributed by atoms with Gasteiger partial charge in [-0.25, -0.2) is 0 Å². The summed E-state index contributed by atoms with van der Waals surface area (Å²) in [4.78, 5) is 19.8. The Bertz CT molecular complexity index is 709. The second kappa shape index (κ2) is 5.28. The average Bonchev–Trinajstić information content (AvgIpc) is 3.08. The molecule has 2 fully saturated rings. The van der Waals surface area contributed by atoms with Crippen LogP contribution >= 0.6 is 11.6 Å². The van der Waals surface area contributed by atoms with E-state index in [9.17, 15) is 4.79 Å². The number of hydrogen-bond donors (Lipinski definition) is 0. The van der Waals surface area contributed by atoms with Gasteiger partial charge < -0.3 is 9.80 Å². The Hall–Kier alpha value is -2.08. The first-order chi connectivity index (χ1) is 10.7. The van der Waals surface area contributed by atoms with Gasteiger partial charge in [0.15, 0.2) is 0 Å². The molecule has 2 saturated heterocycles. The molecule has 2 aliphatic rings. The fourth-order valence-electron chi connectivity index (χ4n) is 3.03. The van der Waals surface area contributed by atoms with Gasteiger partial charge in [0.05, 0.1) is 28.6 Å². The van der Waals surface area contributed by atoms with Crippen molar-refractivity contribution in [3.63, 3.8) is 0 Å². The second-order valence-corrected chi connectivity index (χ2v) is 6.12. The van der Waals surface area contributed by atoms with Crippen LogP contribution in [-0.4, -0.2) is 40.3 Å². The van der Waals surface area contributed by atoms with Gasteiger partial charge in [-0.15, -0.1) is 0 Å². The van der Waals surface area contributed by atoms with Crippen molar-refractivity contribution < 1.29 is 4.79 Å². The molecule has 2 aromatic heterocycles.